The molecule has 0 aliphatic carbocycles. The standard InChI is InChI=1S/C39H42N2O5/c1-23-19-30-27(11-13-29(41-30)26-10-8-9-24(20-26)21-42)35(28-12-14-31-34-25(16-18-44-31)15-17-40-36(28)34)33(23)32(46-39(5,6)7)22-45-37(43)38(2,3)4/h8-15,17,19-21,29,32,41H,16,18,22H2,1-7H3/t29-,32-/m1/s1. The fourth-order valence-electron chi connectivity index (χ4n) is 6.35. The Morgan fingerprint density at radius 3 is 2.65 bits per heavy atom. The molecule has 7 heteroatoms. The van der Waals surface area contributed by atoms with Crippen LogP contribution in [0.15, 0.2) is 60.8 Å². The van der Waals surface area contributed by atoms with Crippen LogP contribution in [0.3, 0.4) is 0 Å². The molecule has 1 aromatic heterocycles. The van der Waals surface area contributed by atoms with Gasteiger partial charge in [0.05, 0.1) is 29.2 Å². The van der Waals surface area contributed by atoms with E-state index in [-0.39, 0.29) is 18.6 Å². The highest BCUT2D eigenvalue weighted by atomic mass is 16.6. The highest BCUT2D eigenvalue weighted by Crippen LogP contribution is 2.47. The van der Waals surface area contributed by atoms with Crippen molar-refractivity contribution >= 4 is 34.9 Å². The Labute approximate surface area is 271 Å². The van der Waals surface area contributed by atoms with Gasteiger partial charge in [-0.2, -0.15) is 0 Å². The van der Waals surface area contributed by atoms with Gasteiger partial charge in [0.15, 0.2) is 0 Å². The van der Waals surface area contributed by atoms with Gasteiger partial charge in [0, 0.05) is 40.4 Å². The molecule has 46 heavy (non-hydrogen) atoms. The number of aryl methyl sites for hydroxylation is 1. The molecule has 0 spiro atoms. The maximum absolute atomic E-state index is 13.0. The number of aldehydes is 1. The summed E-state index contributed by atoms with van der Waals surface area (Å²) in [6.45, 7) is 14.4. The van der Waals surface area contributed by atoms with Crippen molar-refractivity contribution < 1.29 is 23.8 Å². The van der Waals surface area contributed by atoms with E-state index >= 15 is 0 Å². The summed E-state index contributed by atoms with van der Waals surface area (Å²) in [7, 11) is 0. The van der Waals surface area contributed by atoms with Crippen LogP contribution in [0.2, 0.25) is 0 Å². The highest BCUT2D eigenvalue weighted by molar-refractivity contribution is 6.03. The number of anilines is 1. The maximum Gasteiger partial charge on any atom is 0.311 e. The predicted molar refractivity (Wildman–Crippen MR) is 182 cm³/mol. The zero-order valence-electron chi connectivity index (χ0n) is 27.7. The van der Waals surface area contributed by atoms with Crippen LogP contribution in [0.4, 0.5) is 5.69 Å². The second-order valence-electron chi connectivity index (χ2n) is 14.2. The minimum Gasteiger partial charge on any atom is -0.493 e. The molecule has 0 saturated carbocycles. The average molecular weight is 619 g/mol. The molecule has 2 aliphatic heterocycles. The number of esters is 1. The van der Waals surface area contributed by atoms with E-state index in [0.717, 1.165) is 68.4 Å². The first-order chi connectivity index (χ1) is 21.8. The molecule has 1 N–H and O–H groups in total. The molecule has 0 radical (unpaired) electrons. The third-order valence-corrected chi connectivity index (χ3v) is 8.42. The van der Waals surface area contributed by atoms with Crippen LogP contribution in [-0.4, -0.2) is 36.1 Å². The van der Waals surface area contributed by atoms with Crippen molar-refractivity contribution in [3.8, 4) is 16.9 Å². The SMILES string of the molecule is Cc1cc2c(c(-c3ccc4c5c(ccnc35)CCO4)c1[C@@H](COC(=O)C(C)(C)C)OC(C)(C)C)C=C[C@H](c1cccc(C=O)c1)N2. The Balaban J connectivity index is 1.57. The van der Waals surface area contributed by atoms with Crippen molar-refractivity contribution in [2.75, 3.05) is 18.5 Å². The molecule has 2 aliphatic rings. The van der Waals surface area contributed by atoms with Crippen LogP contribution in [0.5, 0.6) is 5.75 Å². The Hall–Kier alpha value is -4.49. The number of nitrogens with one attached hydrogen (secondary N) is 1. The van der Waals surface area contributed by atoms with Gasteiger partial charge in [-0.05, 0) is 107 Å². The van der Waals surface area contributed by atoms with Crippen molar-refractivity contribution in [2.24, 2.45) is 5.41 Å². The van der Waals surface area contributed by atoms with Crippen LogP contribution in [0.25, 0.3) is 28.1 Å². The topological polar surface area (TPSA) is 86.8 Å². The zero-order valence-corrected chi connectivity index (χ0v) is 27.7. The number of aromatic nitrogens is 1. The second kappa shape index (κ2) is 12.0. The fourth-order valence-corrected chi connectivity index (χ4v) is 6.35. The molecular formula is C39H42N2O5. The van der Waals surface area contributed by atoms with Crippen LogP contribution in [-0.2, 0) is 20.7 Å². The lowest BCUT2D eigenvalue weighted by atomic mass is 9.83. The molecule has 0 saturated heterocycles. The number of carbonyl (C=O) groups is 2. The Morgan fingerprint density at radius 2 is 1.91 bits per heavy atom. The van der Waals surface area contributed by atoms with Gasteiger partial charge in [0.1, 0.15) is 24.7 Å². The summed E-state index contributed by atoms with van der Waals surface area (Å²) in [4.78, 5) is 29.4. The maximum atomic E-state index is 13.0. The lowest BCUT2D eigenvalue weighted by molar-refractivity contribution is -0.162. The van der Waals surface area contributed by atoms with E-state index in [1.807, 2.05) is 78.1 Å². The van der Waals surface area contributed by atoms with Crippen LogP contribution < -0.4 is 10.1 Å². The molecular weight excluding hydrogens is 576 g/mol. The number of ether oxygens (including phenoxy) is 3. The number of benzene rings is 3. The second-order valence-corrected chi connectivity index (χ2v) is 14.2. The Morgan fingerprint density at radius 1 is 1.11 bits per heavy atom. The first-order valence-corrected chi connectivity index (χ1v) is 15.9. The fraction of sp³-hybridized carbons (Fsp3) is 0.359. The van der Waals surface area contributed by atoms with Crippen LogP contribution in [0.1, 0.15) is 91.9 Å². The van der Waals surface area contributed by atoms with Crippen molar-refractivity contribution in [2.45, 2.75) is 72.6 Å². The lowest BCUT2D eigenvalue weighted by Crippen LogP contribution is -2.30. The number of hydrogen-bond acceptors (Lipinski definition) is 7. The van der Waals surface area contributed by atoms with E-state index in [1.165, 1.54) is 5.56 Å². The molecule has 3 aromatic carbocycles. The molecule has 7 nitrogen and oxygen atoms in total. The van der Waals surface area contributed by atoms with E-state index in [1.54, 1.807) is 0 Å². The van der Waals surface area contributed by atoms with Gasteiger partial charge in [-0.3, -0.25) is 14.6 Å². The quantitative estimate of drug-likeness (QED) is 0.164. The molecule has 2 atom stereocenters. The first-order valence-electron chi connectivity index (χ1n) is 15.9. The Bertz CT molecular complexity index is 1850. The summed E-state index contributed by atoms with van der Waals surface area (Å²) in [6.07, 6.45) is 7.27. The van der Waals surface area contributed by atoms with Crippen molar-refractivity contribution in [1.29, 1.82) is 0 Å². The van der Waals surface area contributed by atoms with Gasteiger partial charge in [0.2, 0.25) is 0 Å². The normalized spacial score (nSPS) is 16.3. The summed E-state index contributed by atoms with van der Waals surface area (Å²) in [6, 6.07) is 15.9. The number of pyridine rings is 1. The molecule has 3 heterocycles. The number of hydrogen-bond donors (Lipinski definition) is 1. The molecule has 6 rings (SSSR count). The summed E-state index contributed by atoms with van der Waals surface area (Å²) in [5, 5.41) is 4.74. The third-order valence-electron chi connectivity index (χ3n) is 8.42. The molecule has 0 bridgehead atoms. The summed E-state index contributed by atoms with van der Waals surface area (Å²) >= 11 is 0. The average Bonchev–Trinajstić information content (AvgIpc) is 3.01. The smallest absolute Gasteiger partial charge is 0.311 e. The largest absolute Gasteiger partial charge is 0.493 e. The molecule has 0 amide bonds. The van der Waals surface area contributed by atoms with E-state index in [4.69, 9.17) is 19.2 Å². The summed E-state index contributed by atoms with van der Waals surface area (Å²) in [5.41, 5.74) is 8.35. The van der Waals surface area contributed by atoms with E-state index in [9.17, 15) is 9.59 Å². The number of fused-ring (bicyclic) bond motifs is 1. The van der Waals surface area contributed by atoms with Crippen molar-refractivity contribution in [3.63, 3.8) is 0 Å². The summed E-state index contributed by atoms with van der Waals surface area (Å²) < 4.78 is 18.7. The monoisotopic (exact) mass is 618 g/mol. The first kappa shape index (κ1) is 31.5. The van der Waals surface area contributed by atoms with Gasteiger partial charge < -0.3 is 19.5 Å². The molecule has 0 unspecified atom stereocenters. The van der Waals surface area contributed by atoms with Crippen molar-refractivity contribution in [1.82, 2.24) is 4.98 Å². The van der Waals surface area contributed by atoms with Crippen LogP contribution >= 0.6 is 0 Å². The van der Waals surface area contributed by atoms with Gasteiger partial charge in [0.25, 0.3) is 0 Å². The third kappa shape index (κ3) is 6.16. The van der Waals surface area contributed by atoms with E-state index in [0.29, 0.717) is 12.2 Å². The van der Waals surface area contributed by atoms with Gasteiger partial charge >= 0.3 is 5.97 Å². The molecule has 4 aromatic rings. The number of carbonyl (C=O) groups excluding carboxylic acids is 2. The zero-order chi connectivity index (χ0) is 32.8. The predicted octanol–water partition coefficient (Wildman–Crippen LogP) is 8.58. The minimum atomic E-state index is -0.650. The van der Waals surface area contributed by atoms with Crippen LogP contribution in [0, 0.1) is 12.3 Å². The lowest BCUT2D eigenvalue weighted by Gasteiger charge is -2.33. The van der Waals surface area contributed by atoms with Gasteiger partial charge in [-0.25, -0.2) is 0 Å². The van der Waals surface area contributed by atoms with E-state index in [2.05, 4.69) is 42.6 Å². The summed E-state index contributed by atoms with van der Waals surface area (Å²) in [5.74, 6) is 0.552. The minimum absolute atomic E-state index is 0.0655. The van der Waals surface area contributed by atoms with E-state index < -0.39 is 17.1 Å². The van der Waals surface area contributed by atoms with Crippen molar-refractivity contribution in [3.05, 3.63) is 94.2 Å². The molecule has 238 valence electrons. The highest BCUT2D eigenvalue weighted by Gasteiger charge is 2.33. The number of rotatable bonds is 7. The number of nitrogens with zero attached hydrogens (tertiary/aromatic N) is 1. The molecule has 0 fully saturated rings. The van der Waals surface area contributed by atoms with Gasteiger partial charge in [-0.15, -0.1) is 0 Å². The van der Waals surface area contributed by atoms with Gasteiger partial charge in [-0.1, -0.05) is 30.4 Å². The Kier molecular flexibility index (Phi) is 8.23.